The van der Waals surface area contributed by atoms with E-state index in [1.165, 1.54) is 109 Å². The third-order valence-electron chi connectivity index (χ3n) is 4.39. The summed E-state index contributed by atoms with van der Waals surface area (Å²) in [5.41, 5.74) is 0. The van der Waals surface area contributed by atoms with Crippen molar-refractivity contribution in [2.24, 2.45) is 0 Å². The molecule has 0 bridgehead atoms. The second-order valence-electron chi connectivity index (χ2n) is 6.96. The Morgan fingerprint density at radius 2 is 1.00 bits per heavy atom. The average molecular weight is 355 g/mol. The average Bonchev–Trinajstić information content (AvgIpc) is 2.63. The Hall–Kier alpha value is -0.790. The van der Waals surface area contributed by atoms with Crippen LogP contribution in [-0.2, 0) is 9.53 Å². The first-order valence-electron chi connectivity index (χ1n) is 11.0. The molecule has 0 heterocycles. The summed E-state index contributed by atoms with van der Waals surface area (Å²) in [7, 11) is 1.40. The van der Waals surface area contributed by atoms with Crippen LogP contribution in [0.1, 0.15) is 124 Å². The predicted molar refractivity (Wildman–Crippen MR) is 112 cm³/mol. The van der Waals surface area contributed by atoms with Crippen LogP contribution < -0.4 is 0 Å². The van der Waals surface area contributed by atoms with Gasteiger partial charge in [0.25, 0.3) is 0 Å². The van der Waals surface area contributed by atoms with Crippen LogP contribution >= 0.6 is 0 Å². The fourth-order valence-electron chi connectivity index (χ4n) is 2.67. The lowest BCUT2D eigenvalue weighted by Gasteiger charge is -1.98. The highest BCUT2D eigenvalue weighted by Crippen LogP contribution is 2.09. The van der Waals surface area contributed by atoms with Crippen molar-refractivity contribution in [2.75, 3.05) is 7.11 Å². The molecule has 0 fully saturated rings. The van der Waals surface area contributed by atoms with Crippen molar-refractivity contribution in [3.63, 3.8) is 0 Å². The summed E-state index contributed by atoms with van der Waals surface area (Å²) in [6.45, 7) is 6.77. The van der Waals surface area contributed by atoms with Gasteiger partial charge in [-0.25, -0.2) is 4.79 Å². The third kappa shape index (κ3) is 28.3. The number of hydrogen-bond acceptors (Lipinski definition) is 2. The predicted octanol–water partition coefficient (Wildman–Crippen LogP) is 8.00. The third-order valence-corrected chi connectivity index (χ3v) is 4.39. The lowest BCUT2D eigenvalue weighted by Crippen LogP contribution is -1.93. The van der Waals surface area contributed by atoms with Crippen molar-refractivity contribution >= 4 is 5.97 Å². The lowest BCUT2D eigenvalue weighted by molar-refractivity contribution is -0.134. The molecule has 0 radical (unpaired) electrons. The molecule has 2 heteroatoms. The summed E-state index contributed by atoms with van der Waals surface area (Å²) in [6.07, 6.45) is 25.1. The normalized spacial score (nSPS) is 10.6. The second-order valence-corrected chi connectivity index (χ2v) is 6.96. The van der Waals surface area contributed by atoms with Gasteiger partial charge in [-0.2, -0.15) is 0 Å². The van der Waals surface area contributed by atoms with Gasteiger partial charge in [-0.05, 0) is 12.8 Å². The van der Waals surface area contributed by atoms with Crippen molar-refractivity contribution in [1.82, 2.24) is 0 Å². The number of esters is 1. The van der Waals surface area contributed by atoms with Crippen LogP contribution in [0.3, 0.4) is 0 Å². The minimum atomic E-state index is -0.254. The second kappa shape index (κ2) is 25.5. The van der Waals surface area contributed by atoms with Gasteiger partial charge in [-0.1, -0.05) is 117 Å². The first kappa shape index (κ1) is 26.4. The number of unbranched alkanes of at least 4 members (excludes halogenated alkanes) is 14. The molecule has 0 unspecified atom stereocenters. The van der Waals surface area contributed by atoms with E-state index < -0.39 is 0 Å². The van der Waals surface area contributed by atoms with Crippen LogP contribution in [-0.4, -0.2) is 13.1 Å². The fraction of sp³-hybridized carbons (Fsp3) is 0.870. The van der Waals surface area contributed by atoms with E-state index in [2.05, 4.69) is 25.5 Å². The summed E-state index contributed by atoms with van der Waals surface area (Å²) >= 11 is 0. The summed E-state index contributed by atoms with van der Waals surface area (Å²) in [4.78, 5) is 10.7. The molecule has 2 nitrogen and oxygen atoms in total. The van der Waals surface area contributed by atoms with E-state index in [0.29, 0.717) is 0 Å². The van der Waals surface area contributed by atoms with Gasteiger partial charge in [-0.3, -0.25) is 0 Å². The van der Waals surface area contributed by atoms with Crippen molar-refractivity contribution < 1.29 is 9.53 Å². The van der Waals surface area contributed by atoms with Gasteiger partial charge in [0.05, 0.1) is 7.11 Å². The van der Waals surface area contributed by atoms with Crippen molar-refractivity contribution in [3.8, 4) is 0 Å². The van der Waals surface area contributed by atoms with E-state index in [-0.39, 0.29) is 5.97 Å². The Morgan fingerprint density at radius 3 is 1.36 bits per heavy atom. The zero-order valence-corrected chi connectivity index (χ0v) is 17.8. The molecule has 0 aliphatic carbocycles. The smallest absolute Gasteiger partial charge is 0.330 e. The zero-order valence-electron chi connectivity index (χ0n) is 17.8. The van der Waals surface area contributed by atoms with Gasteiger partial charge < -0.3 is 4.74 Å². The highest BCUT2D eigenvalue weighted by atomic mass is 16.5. The van der Waals surface area contributed by atoms with E-state index in [0.717, 1.165) is 6.42 Å². The number of hydrogen-bond donors (Lipinski definition) is 0. The number of ether oxygens (including phenoxy) is 1. The molecule has 25 heavy (non-hydrogen) atoms. The first-order chi connectivity index (χ1) is 12.2. The van der Waals surface area contributed by atoms with E-state index in [9.17, 15) is 4.79 Å². The molecular weight excluding hydrogens is 308 g/mol. The molecule has 0 N–H and O–H groups in total. The maximum absolute atomic E-state index is 10.7. The summed E-state index contributed by atoms with van der Waals surface area (Å²) in [5, 5.41) is 0. The molecule has 150 valence electrons. The molecule has 0 spiro atoms. The van der Waals surface area contributed by atoms with Crippen LogP contribution in [0.15, 0.2) is 12.2 Å². The number of rotatable bonds is 16. The van der Waals surface area contributed by atoms with E-state index >= 15 is 0 Å². The van der Waals surface area contributed by atoms with Crippen LogP contribution in [0.25, 0.3) is 0 Å². The van der Waals surface area contributed by atoms with E-state index in [4.69, 9.17) is 0 Å². The molecule has 0 rings (SSSR count). The quantitative estimate of drug-likeness (QED) is 0.159. The fourth-order valence-corrected chi connectivity index (χ4v) is 2.67. The standard InChI is InChI=1S/C12H22O2.C11H24/c1-3-4-5-6-7-8-9-10-11-12(13)14-2;1-3-5-7-9-11-10-8-6-4-2/h10-11H,3-9H2,1-2H3;3-11H2,1-2H3/b11-10+;. The van der Waals surface area contributed by atoms with E-state index in [1.807, 2.05) is 6.08 Å². The molecule has 0 saturated heterocycles. The van der Waals surface area contributed by atoms with Crippen LogP contribution in [0.5, 0.6) is 0 Å². The van der Waals surface area contributed by atoms with Gasteiger partial charge in [0.2, 0.25) is 0 Å². The molecule has 0 aromatic carbocycles. The summed E-state index contributed by atoms with van der Waals surface area (Å²) < 4.78 is 4.48. The van der Waals surface area contributed by atoms with Gasteiger partial charge in [0.15, 0.2) is 0 Å². The summed E-state index contributed by atoms with van der Waals surface area (Å²) in [5.74, 6) is -0.254. The Balaban J connectivity index is 0. The lowest BCUT2D eigenvalue weighted by atomic mass is 10.1. The van der Waals surface area contributed by atoms with Gasteiger partial charge >= 0.3 is 5.97 Å². The first-order valence-corrected chi connectivity index (χ1v) is 11.0. The van der Waals surface area contributed by atoms with E-state index in [1.54, 1.807) is 0 Å². The van der Waals surface area contributed by atoms with Crippen LogP contribution in [0, 0.1) is 0 Å². The highest BCUT2D eigenvalue weighted by Gasteiger charge is 1.91. The Kier molecular flexibility index (Phi) is 26.9. The van der Waals surface area contributed by atoms with Gasteiger partial charge in [0.1, 0.15) is 0 Å². The molecule has 0 atom stereocenters. The van der Waals surface area contributed by atoms with Crippen LogP contribution in [0.4, 0.5) is 0 Å². The molecule has 0 aliphatic rings. The van der Waals surface area contributed by atoms with Crippen molar-refractivity contribution in [1.29, 1.82) is 0 Å². The largest absolute Gasteiger partial charge is 0.466 e. The highest BCUT2D eigenvalue weighted by molar-refractivity contribution is 5.81. The number of carbonyl (C=O) groups excluding carboxylic acids is 1. The topological polar surface area (TPSA) is 26.3 Å². The zero-order chi connectivity index (χ0) is 19.0. The Bertz CT molecular complexity index is 263. The number of carbonyl (C=O) groups is 1. The molecule has 0 amide bonds. The summed E-state index contributed by atoms with van der Waals surface area (Å²) in [6, 6.07) is 0. The number of methoxy groups -OCH3 is 1. The van der Waals surface area contributed by atoms with Crippen molar-refractivity contribution in [3.05, 3.63) is 12.2 Å². The van der Waals surface area contributed by atoms with Gasteiger partial charge in [0, 0.05) is 6.08 Å². The Labute approximate surface area is 158 Å². The molecule has 0 aromatic heterocycles. The maximum atomic E-state index is 10.7. The van der Waals surface area contributed by atoms with Gasteiger partial charge in [-0.15, -0.1) is 0 Å². The molecule has 0 aromatic rings. The number of allylic oxidation sites excluding steroid dienone is 1. The monoisotopic (exact) mass is 354 g/mol. The maximum Gasteiger partial charge on any atom is 0.330 e. The minimum absolute atomic E-state index is 0.254. The molecular formula is C23H46O2. The Morgan fingerprint density at radius 1 is 0.640 bits per heavy atom. The SMILES string of the molecule is CCCCCCCC/C=C/C(=O)OC.CCCCCCCCCCC. The van der Waals surface area contributed by atoms with Crippen molar-refractivity contribution in [2.45, 2.75) is 124 Å². The van der Waals surface area contributed by atoms with Crippen LogP contribution in [0.2, 0.25) is 0 Å². The molecule has 0 saturated carbocycles. The molecule has 0 aliphatic heterocycles. The minimum Gasteiger partial charge on any atom is -0.466 e.